The number of imidazole rings is 1. The first-order chi connectivity index (χ1) is 17.0. The molecule has 7 heteroatoms. The summed E-state index contributed by atoms with van der Waals surface area (Å²) in [4.78, 5) is 29.3. The lowest BCUT2D eigenvalue weighted by atomic mass is 9.94. The van der Waals surface area contributed by atoms with Crippen molar-refractivity contribution in [1.29, 1.82) is 0 Å². The van der Waals surface area contributed by atoms with Gasteiger partial charge in [0.15, 0.2) is 0 Å². The van der Waals surface area contributed by atoms with E-state index in [9.17, 15) is 14.7 Å². The van der Waals surface area contributed by atoms with E-state index in [-0.39, 0.29) is 17.5 Å². The van der Waals surface area contributed by atoms with E-state index in [1.807, 2.05) is 42.5 Å². The number of aromatic nitrogens is 2. The summed E-state index contributed by atoms with van der Waals surface area (Å²) in [5, 5.41) is 13.0. The molecule has 3 aromatic carbocycles. The van der Waals surface area contributed by atoms with Crippen LogP contribution >= 0.6 is 11.6 Å². The molecule has 0 unspecified atom stereocenters. The predicted molar refractivity (Wildman–Crippen MR) is 137 cm³/mol. The number of nitrogens with zero attached hydrogens (tertiary/aromatic N) is 2. The van der Waals surface area contributed by atoms with E-state index >= 15 is 0 Å². The van der Waals surface area contributed by atoms with Crippen molar-refractivity contribution >= 4 is 34.5 Å². The number of rotatable bonds is 6. The van der Waals surface area contributed by atoms with Gasteiger partial charge in [-0.25, -0.2) is 9.78 Å². The third-order valence-electron chi connectivity index (χ3n) is 6.66. The van der Waals surface area contributed by atoms with Crippen LogP contribution in [0.4, 0.5) is 0 Å². The van der Waals surface area contributed by atoms with Crippen molar-refractivity contribution in [3.05, 3.63) is 88.4 Å². The summed E-state index contributed by atoms with van der Waals surface area (Å²) in [5.74, 6) is -0.409. The van der Waals surface area contributed by atoms with E-state index in [0.29, 0.717) is 22.6 Å². The Morgan fingerprint density at radius 1 is 0.971 bits per heavy atom. The fourth-order valence-corrected chi connectivity index (χ4v) is 5.07. The summed E-state index contributed by atoms with van der Waals surface area (Å²) in [6.07, 6.45) is 5.64. The Kier molecular flexibility index (Phi) is 6.55. The summed E-state index contributed by atoms with van der Waals surface area (Å²) in [5.41, 5.74) is 4.00. The molecule has 1 aliphatic carbocycles. The average molecular weight is 488 g/mol. The maximum Gasteiger partial charge on any atom is 0.335 e. The predicted octanol–water partition coefficient (Wildman–Crippen LogP) is 6.49. The van der Waals surface area contributed by atoms with E-state index in [1.165, 1.54) is 6.42 Å². The van der Waals surface area contributed by atoms with Crippen molar-refractivity contribution in [2.45, 2.75) is 44.7 Å². The van der Waals surface area contributed by atoms with E-state index in [0.717, 1.165) is 48.2 Å². The first-order valence-corrected chi connectivity index (χ1v) is 12.3. The van der Waals surface area contributed by atoms with Crippen LogP contribution in [0.1, 0.15) is 64.4 Å². The maximum absolute atomic E-state index is 12.9. The van der Waals surface area contributed by atoms with Crippen LogP contribution in [0, 0.1) is 0 Å². The Morgan fingerprint density at radius 2 is 1.77 bits per heavy atom. The van der Waals surface area contributed by atoms with Gasteiger partial charge in [0.2, 0.25) is 0 Å². The summed E-state index contributed by atoms with van der Waals surface area (Å²) < 4.78 is 2.24. The zero-order valence-corrected chi connectivity index (χ0v) is 20.0. The van der Waals surface area contributed by atoms with Gasteiger partial charge in [0.05, 0.1) is 16.6 Å². The molecule has 1 aliphatic rings. The third-order valence-corrected chi connectivity index (χ3v) is 7.03. The molecule has 0 aliphatic heterocycles. The Morgan fingerprint density at radius 3 is 2.54 bits per heavy atom. The van der Waals surface area contributed by atoms with Crippen molar-refractivity contribution in [3.63, 3.8) is 0 Å². The van der Waals surface area contributed by atoms with Gasteiger partial charge in [-0.1, -0.05) is 61.2 Å². The molecular weight excluding hydrogens is 462 g/mol. The molecule has 178 valence electrons. The molecule has 2 N–H and O–H groups in total. The Balaban J connectivity index is 1.50. The van der Waals surface area contributed by atoms with Crippen LogP contribution in [0.15, 0.2) is 66.7 Å². The van der Waals surface area contributed by atoms with E-state index in [2.05, 4.69) is 9.88 Å². The SMILES string of the molecule is O=C(O)c1ccc2c(c1)nc(-c1cccc(C(=O)NCc3ccccc3Cl)c1)n2C1CCCCC1. The number of benzene rings is 3. The minimum absolute atomic E-state index is 0.194. The lowest BCUT2D eigenvalue weighted by Crippen LogP contribution is -2.23. The van der Waals surface area contributed by atoms with Gasteiger partial charge < -0.3 is 15.0 Å². The quantitative estimate of drug-likeness (QED) is 0.325. The van der Waals surface area contributed by atoms with Crippen LogP contribution in [-0.4, -0.2) is 26.5 Å². The largest absolute Gasteiger partial charge is 0.478 e. The second-order valence-corrected chi connectivity index (χ2v) is 9.37. The molecule has 5 rings (SSSR count). The zero-order valence-electron chi connectivity index (χ0n) is 19.2. The number of amides is 1. The molecular formula is C28H26ClN3O3. The number of carboxylic acids is 1. The van der Waals surface area contributed by atoms with Crippen LogP contribution in [0.5, 0.6) is 0 Å². The van der Waals surface area contributed by atoms with Crippen molar-refractivity contribution in [3.8, 4) is 11.4 Å². The van der Waals surface area contributed by atoms with Gasteiger partial charge >= 0.3 is 5.97 Å². The van der Waals surface area contributed by atoms with E-state index < -0.39 is 5.97 Å². The molecule has 4 aromatic rings. The first kappa shape index (κ1) is 23.1. The maximum atomic E-state index is 12.9. The number of carbonyl (C=O) groups excluding carboxylic acids is 1. The smallest absolute Gasteiger partial charge is 0.335 e. The third kappa shape index (κ3) is 4.80. The van der Waals surface area contributed by atoms with Crippen LogP contribution < -0.4 is 5.32 Å². The van der Waals surface area contributed by atoms with Crippen LogP contribution in [0.25, 0.3) is 22.4 Å². The van der Waals surface area contributed by atoms with Gasteiger partial charge in [0, 0.05) is 28.7 Å². The number of carboxylic acid groups (broad SMARTS) is 1. The van der Waals surface area contributed by atoms with Crippen molar-refractivity contribution in [2.75, 3.05) is 0 Å². The lowest BCUT2D eigenvalue weighted by Gasteiger charge is -2.25. The lowest BCUT2D eigenvalue weighted by molar-refractivity contribution is 0.0696. The molecule has 0 saturated heterocycles. The van der Waals surface area contributed by atoms with Gasteiger partial charge in [-0.2, -0.15) is 0 Å². The highest BCUT2D eigenvalue weighted by atomic mass is 35.5. The number of fused-ring (bicyclic) bond motifs is 1. The minimum atomic E-state index is -0.974. The number of halogens is 1. The summed E-state index contributed by atoms with van der Waals surface area (Å²) in [6.45, 7) is 0.335. The van der Waals surface area contributed by atoms with Gasteiger partial charge in [-0.3, -0.25) is 4.79 Å². The minimum Gasteiger partial charge on any atom is -0.478 e. The monoisotopic (exact) mass is 487 g/mol. The summed E-state index contributed by atoms with van der Waals surface area (Å²) in [6, 6.07) is 20.3. The van der Waals surface area contributed by atoms with Gasteiger partial charge in [-0.05, 0) is 54.8 Å². The molecule has 35 heavy (non-hydrogen) atoms. The average Bonchev–Trinajstić information content (AvgIpc) is 3.27. The van der Waals surface area contributed by atoms with Gasteiger partial charge in [-0.15, -0.1) is 0 Å². The fourth-order valence-electron chi connectivity index (χ4n) is 4.86. The van der Waals surface area contributed by atoms with E-state index in [4.69, 9.17) is 16.6 Å². The second-order valence-electron chi connectivity index (χ2n) is 8.96. The van der Waals surface area contributed by atoms with Crippen molar-refractivity contribution in [1.82, 2.24) is 14.9 Å². The molecule has 1 fully saturated rings. The van der Waals surface area contributed by atoms with Gasteiger partial charge in [0.25, 0.3) is 5.91 Å². The van der Waals surface area contributed by atoms with Crippen LogP contribution in [0.3, 0.4) is 0 Å². The summed E-state index contributed by atoms with van der Waals surface area (Å²) >= 11 is 6.22. The normalized spacial score (nSPS) is 14.2. The zero-order chi connectivity index (χ0) is 24.4. The molecule has 6 nitrogen and oxygen atoms in total. The number of aromatic carboxylic acids is 1. The number of hydrogen-bond acceptors (Lipinski definition) is 3. The number of carbonyl (C=O) groups is 2. The number of hydrogen-bond donors (Lipinski definition) is 2. The molecule has 0 bridgehead atoms. The highest BCUT2D eigenvalue weighted by molar-refractivity contribution is 6.31. The highest BCUT2D eigenvalue weighted by Gasteiger charge is 2.23. The topological polar surface area (TPSA) is 84.2 Å². The fraction of sp³-hybridized carbons (Fsp3) is 0.250. The Hall–Kier alpha value is -3.64. The molecule has 1 saturated carbocycles. The van der Waals surface area contributed by atoms with Crippen molar-refractivity contribution < 1.29 is 14.7 Å². The van der Waals surface area contributed by atoms with Crippen LogP contribution in [0.2, 0.25) is 5.02 Å². The summed E-state index contributed by atoms with van der Waals surface area (Å²) in [7, 11) is 0. The number of nitrogens with one attached hydrogen (secondary N) is 1. The molecule has 0 radical (unpaired) electrons. The molecule has 1 heterocycles. The Bertz CT molecular complexity index is 1410. The Labute approximate surface area is 208 Å². The first-order valence-electron chi connectivity index (χ1n) is 11.9. The van der Waals surface area contributed by atoms with Gasteiger partial charge in [0.1, 0.15) is 5.82 Å². The van der Waals surface area contributed by atoms with Crippen molar-refractivity contribution in [2.24, 2.45) is 0 Å². The molecule has 1 amide bonds. The highest BCUT2D eigenvalue weighted by Crippen LogP contribution is 2.36. The standard InChI is InChI=1S/C28H26ClN3O3/c29-23-12-5-4-7-21(23)17-30-27(33)19-9-6-8-18(15-19)26-31-24-16-20(28(34)35)13-14-25(24)32(26)22-10-2-1-3-11-22/h4-9,12-16,22H,1-3,10-11,17H2,(H,30,33)(H,34,35). The molecule has 1 aromatic heterocycles. The van der Waals surface area contributed by atoms with E-state index in [1.54, 1.807) is 24.3 Å². The second kappa shape index (κ2) is 9.92. The molecule has 0 spiro atoms. The molecule has 0 atom stereocenters. The van der Waals surface area contributed by atoms with Crippen LogP contribution in [-0.2, 0) is 6.54 Å².